The lowest BCUT2D eigenvalue weighted by atomic mass is 10.1. The molecule has 0 saturated carbocycles. The fourth-order valence-electron chi connectivity index (χ4n) is 1.50. The summed E-state index contributed by atoms with van der Waals surface area (Å²) in [5.74, 6) is 0. The molecule has 0 atom stereocenters. The first-order valence-corrected chi connectivity index (χ1v) is 5.67. The maximum atomic E-state index is 10.8. The van der Waals surface area contributed by atoms with Crippen LogP contribution in [-0.4, -0.2) is 18.0 Å². The van der Waals surface area contributed by atoms with Crippen LogP contribution in [0.4, 0.5) is 5.69 Å². The van der Waals surface area contributed by atoms with Crippen LogP contribution in [0.25, 0.3) is 0 Å². The fraction of sp³-hybridized carbons (Fsp3) is 0.385. The molecule has 0 bridgehead atoms. The number of nitrogens with one attached hydrogen (secondary N) is 1. The lowest BCUT2D eigenvalue weighted by Gasteiger charge is -2.03. The summed E-state index contributed by atoms with van der Waals surface area (Å²) in [6.07, 6.45) is 2.77. The molecular formula is C13H18N2O2. The lowest BCUT2D eigenvalue weighted by Crippen LogP contribution is -2.17. The van der Waals surface area contributed by atoms with Crippen molar-refractivity contribution in [1.29, 1.82) is 0 Å². The third kappa shape index (κ3) is 4.78. The van der Waals surface area contributed by atoms with Gasteiger partial charge in [0, 0.05) is 18.2 Å². The Morgan fingerprint density at radius 1 is 1.41 bits per heavy atom. The van der Waals surface area contributed by atoms with Crippen molar-refractivity contribution in [3.63, 3.8) is 0 Å². The van der Waals surface area contributed by atoms with Gasteiger partial charge in [-0.3, -0.25) is 10.1 Å². The number of rotatable bonds is 6. The molecule has 92 valence electrons. The summed E-state index contributed by atoms with van der Waals surface area (Å²) >= 11 is 0. The number of nitrogens with zero attached hydrogens (tertiary/aromatic N) is 1. The van der Waals surface area contributed by atoms with Gasteiger partial charge in [-0.2, -0.15) is 0 Å². The molecule has 0 aliphatic rings. The minimum absolute atomic E-state index is 0.205. The summed E-state index contributed by atoms with van der Waals surface area (Å²) in [5.41, 5.74) is 2.25. The largest absolute Gasteiger partial charge is 0.313 e. The third-order valence-corrected chi connectivity index (χ3v) is 2.41. The Morgan fingerprint density at radius 3 is 2.76 bits per heavy atom. The summed E-state index contributed by atoms with van der Waals surface area (Å²) in [4.78, 5) is 10.4. The van der Waals surface area contributed by atoms with E-state index in [0.29, 0.717) is 6.42 Å². The van der Waals surface area contributed by atoms with E-state index in [4.69, 9.17) is 0 Å². The molecule has 1 aromatic carbocycles. The van der Waals surface area contributed by atoms with Crippen LogP contribution in [0.2, 0.25) is 0 Å². The van der Waals surface area contributed by atoms with Crippen molar-refractivity contribution >= 4 is 5.69 Å². The fourth-order valence-corrected chi connectivity index (χ4v) is 1.50. The quantitative estimate of drug-likeness (QED) is 0.356. The standard InChI is InChI=1S/C13H18N2O2/c1-11(2)7-9-14-10-8-12-5-3-4-6-13(12)15(16)17/h3-7,14H,8-10H2,1-2H3. The summed E-state index contributed by atoms with van der Waals surface area (Å²) < 4.78 is 0. The normalized spacial score (nSPS) is 10.0. The van der Waals surface area contributed by atoms with E-state index in [1.165, 1.54) is 5.57 Å². The maximum absolute atomic E-state index is 10.8. The molecule has 0 amide bonds. The van der Waals surface area contributed by atoms with E-state index >= 15 is 0 Å². The lowest BCUT2D eigenvalue weighted by molar-refractivity contribution is -0.385. The molecule has 1 aromatic rings. The average Bonchev–Trinajstić information content (AvgIpc) is 2.28. The van der Waals surface area contributed by atoms with Crippen LogP contribution in [0.15, 0.2) is 35.9 Å². The van der Waals surface area contributed by atoms with Gasteiger partial charge in [-0.25, -0.2) is 0 Å². The first-order valence-electron chi connectivity index (χ1n) is 5.67. The Labute approximate surface area is 101 Å². The number of nitro groups is 1. The molecule has 0 aliphatic heterocycles. The van der Waals surface area contributed by atoms with Crippen molar-refractivity contribution in [3.8, 4) is 0 Å². The van der Waals surface area contributed by atoms with Crippen LogP contribution in [0, 0.1) is 10.1 Å². The van der Waals surface area contributed by atoms with E-state index in [0.717, 1.165) is 18.7 Å². The Balaban J connectivity index is 2.46. The second-order valence-corrected chi connectivity index (χ2v) is 4.12. The van der Waals surface area contributed by atoms with Crippen molar-refractivity contribution in [2.75, 3.05) is 13.1 Å². The van der Waals surface area contributed by atoms with Crippen LogP contribution in [0.3, 0.4) is 0 Å². The summed E-state index contributed by atoms with van der Waals surface area (Å²) in [6, 6.07) is 6.88. The van der Waals surface area contributed by atoms with E-state index in [1.807, 2.05) is 19.9 Å². The molecule has 4 nitrogen and oxygen atoms in total. The van der Waals surface area contributed by atoms with Crippen LogP contribution in [-0.2, 0) is 6.42 Å². The van der Waals surface area contributed by atoms with Crippen molar-refractivity contribution in [3.05, 3.63) is 51.6 Å². The summed E-state index contributed by atoms with van der Waals surface area (Å²) in [6.45, 7) is 5.64. The second kappa shape index (κ2) is 6.81. The van der Waals surface area contributed by atoms with Gasteiger partial charge < -0.3 is 5.32 Å². The van der Waals surface area contributed by atoms with E-state index in [1.54, 1.807) is 18.2 Å². The Hall–Kier alpha value is -1.68. The predicted molar refractivity (Wildman–Crippen MR) is 69.1 cm³/mol. The molecule has 0 aliphatic carbocycles. The zero-order chi connectivity index (χ0) is 12.7. The highest BCUT2D eigenvalue weighted by atomic mass is 16.6. The number of benzene rings is 1. The van der Waals surface area contributed by atoms with Crippen LogP contribution >= 0.6 is 0 Å². The molecule has 0 unspecified atom stereocenters. The zero-order valence-corrected chi connectivity index (χ0v) is 10.3. The molecule has 0 heterocycles. The molecule has 0 aromatic heterocycles. The van der Waals surface area contributed by atoms with Crippen LogP contribution < -0.4 is 5.32 Å². The van der Waals surface area contributed by atoms with E-state index < -0.39 is 0 Å². The number of para-hydroxylation sites is 1. The van der Waals surface area contributed by atoms with Crippen LogP contribution in [0.5, 0.6) is 0 Å². The average molecular weight is 234 g/mol. The van der Waals surface area contributed by atoms with Gasteiger partial charge in [0.15, 0.2) is 0 Å². The molecule has 0 saturated heterocycles. The van der Waals surface area contributed by atoms with Gasteiger partial charge >= 0.3 is 0 Å². The molecular weight excluding hydrogens is 216 g/mol. The van der Waals surface area contributed by atoms with Gasteiger partial charge in [0.05, 0.1) is 4.92 Å². The van der Waals surface area contributed by atoms with E-state index in [9.17, 15) is 10.1 Å². The van der Waals surface area contributed by atoms with Gasteiger partial charge in [0.1, 0.15) is 0 Å². The Kier molecular flexibility index (Phi) is 5.36. The van der Waals surface area contributed by atoms with E-state index in [2.05, 4.69) is 11.4 Å². The number of hydrogen-bond donors (Lipinski definition) is 1. The first-order chi connectivity index (χ1) is 8.11. The highest BCUT2D eigenvalue weighted by molar-refractivity contribution is 5.39. The van der Waals surface area contributed by atoms with Gasteiger partial charge in [0.25, 0.3) is 5.69 Å². The highest BCUT2D eigenvalue weighted by Gasteiger charge is 2.10. The molecule has 4 heteroatoms. The van der Waals surface area contributed by atoms with Gasteiger partial charge in [-0.15, -0.1) is 0 Å². The summed E-state index contributed by atoms with van der Waals surface area (Å²) in [5, 5.41) is 14.0. The van der Waals surface area contributed by atoms with Crippen molar-refractivity contribution in [1.82, 2.24) is 5.32 Å². The van der Waals surface area contributed by atoms with Crippen LogP contribution in [0.1, 0.15) is 19.4 Å². The maximum Gasteiger partial charge on any atom is 0.272 e. The molecule has 0 radical (unpaired) electrons. The zero-order valence-electron chi connectivity index (χ0n) is 10.3. The van der Waals surface area contributed by atoms with Gasteiger partial charge in [-0.05, 0) is 26.8 Å². The molecule has 17 heavy (non-hydrogen) atoms. The first kappa shape index (κ1) is 13.4. The van der Waals surface area contributed by atoms with Gasteiger partial charge in [0.2, 0.25) is 0 Å². The topological polar surface area (TPSA) is 55.2 Å². The van der Waals surface area contributed by atoms with Crippen molar-refractivity contribution in [2.24, 2.45) is 0 Å². The second-order valence-electron chi connectivity index (χ2n) is 4.12. The molecule has 0 spiro atoms. The molecule has 1 N–H and O–H groups in total. The predicted octanol–water partition coefficient (Wildman–Crippen LogP) is 2.69. The number of nitro benzene ring substituents is 1. The van der Waals surface area contributed by atoms with Crippen molar-refractivity contribution in [2.45, 2.75) is 20.3 Å². The van der Waals surface area contributed by atoms with E-state index in [-0.39, 0.29) is 10.6 Å². The minimum Gasteiger partial charge on any atom is -0.313 e. The SMILES string of the molecule is CC(C)=CCNCCc1ccccc1[N+](=O)[O-]. The smallest absolute Gasteiger partial charge is 0.272 e. The number of hydrogen-bond acceptors (Lipinski definition) is 3. The summed E-state index contributed by atoms with van der Waals surface area (Å²) in [7, 11) is 0. The Morgan fingerprint density at radius 2 is 2.12 bits per heavy atom. The molecule has 0 fully saturated rings. The molecule has 1 rings (SSSR count). The monoisotopic (exact) mass is 234 g/mol. The Bertz CT molecular complexity index is 410. The third-order valence-electron chi connectivity index (χ3n) is 2.41. The van der Waals surface area contributed by atoms with Gasteiger partial charge in [-0.1, -0.05) is 29.8 Å². The highest BCUT2D eigenvalue weighted by Crippen LogP contribution is 2.17. The minimum atomic E-state index is -0.328. The van der Waals surface area contributed by atoms with Crippen molar-refractivity contribution < 1.29 is 4.92 Å². The number of allylic oxidation sites excluding steroid dienone is 1.